The molecule has 84 valence electrons. The van der Waals surface area contributed by atoms with Gasteiger partial charge in [-0.2, -0.15) is 0 Å². The van der Waals surface area contributed by atoms with E-state index >= 15 is 0 Å². The van der Waals surface area contributed by atoms with Crippen molar-refractivity contribution < 1.29 is 9.15 Å². The first-order valence-corrected chi connectivity index (χ1v) is 5.46. The predicted molar refractivity (Wildman–Crippen MR) is 63.7 cm³/mol. The summed E-state index contributed by atoms with van der Waals surface area (Å²) in [6, 6.07) is 7.94. The number of ether oxygens (including phenoxy) is 1. The zero-order valence-corrected chi connectivity index (χ0v) is 8.98. The van der Waals surface area contributed by atoms with E-state index in [0.717, 1.165) is 43.0 Å². The lowest BCUT2D eigenvalue weighted by Gasteiger charge is -2.28. The Labute approximate surface area is 93.6 Å². The first kappa shape index (κ1) is 9.54. The van der Waals surface area contributed by atoms with Crippen molar-refractivity contribution >= 4 is 22.5 Å². The molecule has 0 aliphatic carbocycles. The van der Waals surface area contributed by atoms with Gasteiger partial charge in [-0.1, -0.05) is 12.1 Å². The summed E-state index contributed by atoms with van der Waals surface area (Å²) < 4.78 is 10.9. The summed E-state index contributed by atoms with van der Waals surface area (Å²) in [4.78, 5) is 2.23. The molecule has 1 aliphatic heterocycles. The van der Waals surface area contributed by atoms with E-state index in [0.29, 0.717) is 5.88 Å². The molecule has 4 heteroatoms. The van der Waals surface area contributed by atoms with Crippen LogP contribution >= 0.6 is 0 Å². The number of rotatable bonds is 1. The second-order valence-electron chi connectivity index (χ2n) is 3.91. The monoisotopic (exact) mass is 218 g/mol. The smallest absolute Gasteiger partial charge is 0.215 e. The molecular weight excluding hydrogens is 204 g/mol. The quantitative estimate of drug-likeness (QED) is 0.793. The van der Waals surface area contributed by atoms with Crippen LogP contribution in [0.1, 0.15) is 0 Å². The van der Waals surface area contributed by atoms with E-state index < -0.39 is 0 Å². The third-order valence-electron chi connectivity index (χ3n) is 2.92. The molecule has 2 aromatic rings. The number of hydrogen-bond acceptors (Lipinski definition) is 4. The maximum absolute atomic E-state index is 5.94. The second kappa shape index (κ2) is 3.72. The van der Waals surface area contributed by atoms with Crippen LogP contribution in [0.3, 0.4) is 0 Å². The highest BCUT2D eigenvalue weighted by Crippen LogP contribution is 2.35. The molecule has 1 fully saturated rings. The molecule has 2 N–H and O–H groups in total. The van der Waals surface area contributed by atoms with Gasteiger partial charge < -0.3 is 19.8 Å². The van der Waals surface area contributed by atoms with Crippen LogP contribution in [-0.4, -0.2) is 26.3 Å². The first-order chi connectivity index (χ1) is 7.86. The van der Waals surface area contributed by atoms with Crippen LogP contribution < -0.4 is 10.6 Å². The Kier molecular flexibility index (Phi) is 2.22. The largest absolute Gasteiger partial charge is 0.439 e. The molecule has 1 aliphatic rings. The summed E-state index contributed by atoms with van der Waals surface area (Å²) >= 11 is 0. The summed E-state index contributed by atoms with van der Waals surface area (Å²) in [6.45, 7) is 3.24. The van der Waals surface area contributed by atoms with Crippen molar-refractivity contribution in [1.29, 1.82) is 0 Å². The zero-order chi connectivity index (χ0) is 11.0. The minimum atomic E-state index is 0.503. The van der Waals surface area contributed by atoms with Crippen LogP contribution in [0.4, 0.5) is 11.6 Å². The number of hydrogen-bond donors (Lipinski definition) is 1. The number of nitrogens with zero attached hydrogens (tertiary/aromatic N) is 1. The lowest BCUT2D eigenvalue weighted by molar-refractivity contribution is 0.123. The number of nitrogens with two attached hydrogens (primary N) is 1. The molecule has 0 radical (unpaired) electrons. The number of fused-ring (bicyclic) bond motifs is 1. The van der Waals surface area contributed by atoms with E-state index in [9.17, 15) is 0 Å². The van der Waals surface area contributed by atoms with Gasteiger partial charge in [-0.3, -0.25) is 0 Å². The number of para-hydroxylation sites is 1. The summed E-state index contributed by atoms with van der Waals surface area (Å²) in [7, 11) is 0. The van der Waals surface area contributed by atoms with Crippen molar-refractivity contribution in [3.05, 3.63) is 24.3 Å². The van der Waals surface area contributed by atoms with Crippen LogP contribution in [0.5, 0.6) is 0 Å². The molecule has 0 atom stereocenters. The van der Waals surface area contributed by atoms with Crippen molar-refractivity contribution in [1.82, 2.24) is 0 Å². The van der Waals surface area contributed by atoms with Crippen LogP contribution in [0.25, 0.3) is 11.0 Å². The van der Waals surface area contributed by atoms with Crippen LogP contribution in [0.2, 0.25) is 0 Å². The summed E-state index contributed by atoms with van der Waals surface area (Å²) in [5.74, 6) is 0.503. The molecule has 0 unspecified atom stereocenters. The third-order valence-corrected chi connectivity index (χ3v) is 2.92. The van der Waals surface area contributed by atoms with E-state index in [1.165, 1.54) is 0 Å². The number of nitrogen functional groups attached to an aromatic ring is 1. The molecular formula is C12H14N2O2. The van der Waals surface area contributed by atoms with Crippen LogP contribution in [0.15, 0.2) is 28.7 Å². The van der Waals surface area contributed by atoms with Gasteiger partial charge in [-0.25, -0.2) is 0 Å². The molecule has 0 spiro atoms. The van der Waals surface area contributed by atoms with E-state index in [4.69, 9.17) is 14.9 Å². The third kappa shape index (κ3) is 1.42. The highest BCUT2D eigenvalue weighted by Gasteiger charge is 2.19. The topological polar surface area (TPSA) is 51.6 Å². The van der Waals surface area contributed by atoms with Crippen molar-refractivity contribution in [2.45, 2.75) is 0 Å². The van der Waals surface area contributed by atoms with Gasteiger partial charge in [0, 0.05) is 18.5 Å². The average Bonchev–Trinajstić information content (AvgIpc) is 2.66. The Hall–Kier alpha value is -1.68. The highest BCUT2D eigenvalue weighted by molar-refractivity contribution is 5.97. The molecule has 0 saturated carbocycles. The molecule has 1 saturated heterocycles. The lowest BCUT2D eigenvalue weighted by Crippen LogP contribution is -2.36. The van der Waals surface area contributed by atoms with E-state index in [-0.39, 0.29) is 0 Å². The maximum atomic E-state index is 5.94. The molecule has 0 amide bonds. The summed E-state index contributed by atoms with van der Waals surface area (Å²) in [6.07, 6.45) is 0. The van der Waals surface area contributed by atoms with Crippen LogP contribution in [-0.2, 0) is 4.74 Å². The number of furan rings is 1. The molecule has 1 aromatic heterocycles. The fraction of sp³-hybridized carbons (Fsp3) is 0.333. The summed E-state index contributed by atoms with van der Waals surface area (Å²) in [5.41, 5.74) is 7.80. The van der Waals surface area contributed by atoms with Crippen LogP contribution in [0, 0.1) is 0 Å². The van der Waals surface area contributed by atoms with E-state index in [2.05, 4.69) is 4.90 Å². The fourth-order valence-corrected chi connectivity index (χ4v) is 2.16. The lowest BCUT2D eigenvalue weighted by atomic mass is 10.2. The molecule has 4 nitrogen and oxygen atoms in total. The van der Waals surface area contributed by atoms with Crippen molar-refractivity contribution in [2.75, 3.05) is 36.9 Å². The van der Waals surface area contributed by atoms with E-state index in [1.807, 2.05) is 24.3 Å². The first-order valence-electron chi connectivity index (χ1n) is 5.46. The van der Waals surface area contributed by atoms with Gasteiger partial charge in [0.05, 0.1) is 13.2 Å². The minimum Gasteiger partial charge on any atom is -0.439 e. The van der Waals surface area contributed by atoms with Gasteiger partial charge in [0.2, 0.25) is 5.88 Å². The van der Waals surface area contributed by atoms with Gasteiger partial charge in [-0.15, -0.1) is 0 Å². The standard InChI is InChI=1S/C12H14N2O2/c13-12-11(14-5-7-15-8-6-14)9-3-1-2-4-10(9)16-12/h1-4H,5-8,13H2. The van der Waals surface area contributed by atoms with Gasteiger partial charge in [0.1, 0.15) is 11.3 Å². The molecule has 1 aromatic carbocycles. The molecule has 2 heterocycles. The normalized spacial score (nSPS) is 16.9. The minimum absolute atomic E-state index is 0.503. The molecule has 0 bridgehead atoms. The molecule has 16 heavy (non-hydrogen) atoms. The number of anilines is 2. The Bertz CT molecular complexity index is 501. The van der Waals surface area contributed by atoms with Gasteiger partial charge >= 0.3 is 0 Å². The van der Waals surface area contributed by atoms with Gasteiger partial charge in [0.25, 0.3) is 0 Å². The van der Waals surface area contributed by atoms with E-state index in [1.54, 1.807) is 0 Å². The van der Waals surface area contributed by atoms with Crippen molar-refractivity contribution in [3.8, 4) is 0 Å². The zero-order valence-electron chi connectivity index (χ0n) is 8.98. The maximum Gasteiger partial charge on any atom is 0.215 e. The Morgan fingerprint density at radius 3 is 2.69 bits per heavy atom. The highest BCUT2D eigenvalue weighted by atomic mass is 16.5. The number of morpholine rings is 1. The number of benzene rings is 1. The fourth-order valence-electron chi connectivity index (χ4n) is 2.16. The van der Waals surface area contributed by atoms with Gasteiger partial charge in [-0.05, 0) is 12.1 Å². The van der Waals surface area contributed by atoms with Gasteiger partial charge in [0.15, 0.2) is 0 Å². The summed E-state index contributed by atoms with van der Waals surface area (Å²) in [5, 5.41) is 1.09. The van der Waals surface area contributed by atoms with Crippen molar-refractivity contribution in [3.63, 3.8) is 0 Å². The Morgan fingerprint density at radius 1 is 1.12 bits per heavy atom. The Balaban J connectivity index is 2.10. The van der Waals surface area contributed by atoms with Crippen molar-refractivity contribution in [2.24, 2.45) is 0 Å². The SMILES string of the molecule is Nc1oc2ccccc2c1N1CCOCC1. The molecule has 3 rings (SSSR count). The second-order valence-corrected chi connectivity index (χ2v) is 3.91. The average molecular weight is 218 g/mol. The Morgan fingerprint density at radius 2 is 1.88 bits per heavy atom. The predicted octanol–water partition coefficient (Wildman–Crippen LogP) is 1.85.